The molecule has 3 N–H and O–H groups in total. The lowest BCUT2D eigenvalue weighted by Gasteiger charge is -2.20. The molecule has 0 aromatic carbocycles. The first-order valence-electron chi connectivity index (χ1n) is 5.63. The molecule has 17 heavy (non-hydrogen) atoms. The van der Waals surface area contributed by atoms with E-state index in [1.54, 1.807) is 0 Å². The van der Waals surface area contributed by atoms with Crippen molar-refractivity contribution in [2.75, 3.05) is 0 Å². The first-order valence-corrected chi connectivity index (χ1v) is 5.63. The van der Waals surface area contributed by atoms with E-state index < -0.39 is 5.91 Å². The van der Waals surface area contributed by atoms with Gasteiger partial charge >= 0.3 is 0 Å². The molecule has 1 rings (SSSR count). The molecule has 0 aliphatic rings. The van der Waals surface area contributed by atoms with E-state index in [1.807, 2.05) is 13.0 Å². The number of nitrogens with one attached hydrogen (secondary N) is 1. The SMILES string of the molecule is Cc1cc(CNC(C)(C)C)nc(CC(N)=O)n1. The first kappa shape index (κ1) is 13.6. The van der Waals surface area contributed by atoms with E-state index in [-0.39, 0.29) is 12.0 Å². The van der Waals surface area contributed by atoms with Crippen molar-refractivity contribution in [3.63, 3.8) is 0 Å². The highest BCUT2D eigenvalue weighted by Crippen LogP contribution is 2.05. The Kier molecular flexibility index (Phi) is 4.17. The van der Waals surface area contributed by atoms with Crippen LogP contribution in [0.1, 0.15) is 38.0 Å². The first-order chi connectivity index (χ1) is 7.76. The van der Waals surface area contributed by atoms with Gasteiger partial charge in [0.05, 0.1) is 12.1 Å². The Morgan fingerprint density at radius 3 is 2.59 bits per heavy atom. The van der Waals surface area contributed by atoms with Gasteiger partial charge in [-0.3, -0.25) is 4.79 Å². The Hall–Kier alpha value is -1.49. The van der Waals surface area contributed by atoms with Gasteiger partial charge in [0, 0.05) is 17.8 Å². The molecule has 0 radical (unpaired) electrons. The lowest BCUT2D eigenvalue weighted by molar-refractivity contribution is -0.117. The van der Waals surface area contributed by atoms with Crippen molar-refractivity contribution < 1.29 is 4.79 Å². The molecule has 1 amide bonds. The predicted octanol–water partition coefficient (Wildman–Crippen LogP) is 0.701. The van der Waals surface area contributed by atoms with Gasteiger partial charge in [-0.15, -0.1) is 0 Å². The maximum absolute atomic E-state index is 10.8. The molecule has 0 fully saturated rings. The van der Waals surface area contributed by atoms with E-state index in [1.165, 1.54) is 0 Å². The molecule has 0 atom stereocenters. The van der Waals surface area contributed by atoms with Crippen molar-refractivity contribution in [1.29, 1.82) is 0 Å². The lowest BCUT2D eigenvalue weighted by atomic mass is 10.1. The number of nitrogens with zero attached hydrogens (tertiary/aromatic N) is 2. The molecule has 0 bridgehead atoms. The molecule has 0 aliphatic heterocycles. The summed E-state index contributed by atoms with van der Waals surface area (Å²) in [5.74, 6) is 0.0774. The molecule has 1 aromatic heterocycles. The van der Waals surface area contributed by atoms with Crippen LogP contribution in [0.5, 0.6) is 0 Å². The van der Waals surface area contributed by atoms with Gasteiger partial charge in [0.1, 0.15) is 5.82 Å². The van der Waals surface area contributed by atoms with Gasteiger partial charge in [-0.05, 0) is 33.8 Å². The number of amides is 1. The number of carbonyl (C=O) groups excluding carboxylic acids is 1. The Labute approximate surface area is 102 Å². The number of hydrogen-bond acceptors (Lipinski definition) is 4. The maximum atomic E-state index is 10.8. The summed E-state index contributed by atoms with van der Waals surface area (Å²) in [5.41, 5.74) is 6.89. The van der Waals surface area contributed by atoms with Crippen LogP contribution in [-0.4, -0.2) is 21.4 Å². The molecule has 0 aliphatic carbocycles. The minimum atomic E-state index is -0.412. The highest BCUT2D eigenvalue weighted by molar-refractivity contribution is 5.75. The summed E-state index contributed by atoms with van der Waals surface area (Å²) in [5, 5.41) is 3.34. The van der Waals surface area contributed by atoms with E-state index >= 15 is 0 Å². The molecule has 0 saturated heterocycles. The summed E-state index contributed by atoms with van der Waals surface area (Å²) in [6, 6.07) is 1.91. The van der Waals surface area contributed by atoms with Crippen LogP contribution in [0.3, 0.4) is 0 Å². The van der Waals surface area contributed by atoms with E-state index in [4.69, 9.17) is 5.73 Å². The Morgan fingerprint density at radius 2 is 2.06 bits per heavy atom. The Bertz CT molecular complexity index is 409. The molecule has 1 heterocycles. The van der Waals surface area contributed by atoms with Gasteiger partial charge in [0.15, 0.2) is 0 Å². The summed E-state index contributed by atoms with van der Waals surface area (Å²) in [6.07, 6.45) is 0.0875. The van der Waals surface area contributed by atoms with Gasteiger partial charge in [0.25, 0.3) is 0 Å². The maximum Gasteiger partial charge on any atom is 0.225 e. The standard InChI is InChI=1S/C12H20N4O/c1-8-5-9(7-14-12(2,3)4)16-11(15-8)6-10(13)17/h5,14H,6-7H2,1-4H3,(H2,13,17). The second kappa shape index (κ2) is 5.23. The second-order valence-corrected chi connectivity index (χ2v) is 5.16. The number of hydrogen-bond donors (Lipinski definition) is 2. The fourth-order valence-electron chi connectivity index (χ4n) is 1.38. The molecule has 94 valence electrons. The van der Waals surface area contributed by atoms with Crippen molar-refractivity contribution in [3.8, 4) is 0 Å². The van der Waals surface area contributed by atoms with Crippen molar-refractivity contribution in [3.05, 3.63) is 23.3 Å². The minimum absolute atomic E-state index is 0.0305. The number of aryl methyl sites for hydroxylation is 1. The molecule has 1 aromatic rings. The molecule has 0 unspecified atom stereocenters. The van der Waals surface area contributed by atoms with E-state index in [0.717, 1.165) is 11.4 Å². The van der Waals surface area contributed by atoms with Crippen molar-refractivity contribution >= 4 is 5.91 Å². The van der Waals surface area contributed by atoms with Gasteiger partial charge in [-0.2, -0.15) is 0 Å². The molecular weight excluding hydrogens is 216 g/mol. The van der Waals surface area contributed by atoms with Crippen LogP contribution >= 0.6 is 0 Å². The number of rotatable bonds is 4. The van der Waals surface area contributed by atoms with Gasteiger partial charge in [-0.25, -0.2) is 9.97 Å². The normalized spacial score (nSPS) is 11.5. The lowest BCUT2D eigenvalue weighted by Crippen LogP contribution is -2.35. The van der Waals surface area contributed by atoms with Crippen LogP contribution in [-0.2, 0) is 17.8 Å². The van der Waals surface area contributed by atoms with Crippen LogP contribution < -0.4 is 11.1 Å². The summed E-state index contributed by atoms with van der Waals surface area (Å²) >= 11 is 0. The molecule has 5 nitrogen and oxygen atoms in total. The highest BCUT2D eigenvalue weighted by Gasteiger charge is 2.10. The van der Waals surface area contributed by atoms with Gasteiger partial charge in [0.2, 0.25) is 5.91 Å². The predicted molar refractivity (Wildman–Crippen MR) is 66.3 cm³/mol. The summed E-state index contributed by atoms with van der Waals surface area (Å²) in [4.78, 5) is 19.3. The van der Waals surface area contributed by atoms with Crippen molar-refractivity contribution in [2.45, 2.75) is 46.2 Å². The minimum Gasteiger partial charge on any atom is -0.369 e. The Balaban J connectivity index is 2.79. The zero-order valence-corrected chi connectivity index (χ0v) is 10.9. The fourth-order valence-corrected chi connectivity index (χ4v) is 1.38. The molecular formula is C12H20N4O. The molecule has 0 spiro atoms. The van der Waals surface area contributed by atoms with Crippen LogP contribution in [0.25, 0.3) is 0 Å². The Morgan fingerprint density at radius 1 is 1.41 bits per heavy atom. The van der Waals surface area contributed by atoms with E-state index in [2.05, 4.69) is 36.1 Å². The van der Waals surface area contributed by atoms with Crippen molar-refractivity contribution in [2.24, 2.45) is 5.73 Å². The number of primary amides is 1. The highest BCUT2D eigenvalue weighted by atomic mass is 16.1. The average Bonchev–Trinajstić information content (AvgIpc) is 2.11. The van der Waals surface area contributed by atoms with Crippen LogP contribution in [0, 0.1) is 6.92 Å². The third kappa shape index (κ3) is 5.40. The fraction of sp³-hybridized carbons (Fsp3) is 0.583. The zero-order valence-electron chi connectivity index (χ0n) is 10.9. The van der Waals surface area contributed by atoms with Crippen LogP contribution in [0.2, 0.25) is 0 Å². The summed E-state index contributed by atoms with van der Waals surface area (Å²) in [7, 11) is 0. The third-order valence-electron chi connectivity index (χ3n) is 2.09. The molecule has 5 heteroatoms. The van der Waals surface area contributed by atoms with Crippen LogP contribution in [0.4, 0.5) is 0 Å². The smallest absolute Gasteiger partial charge is 0.225 e. The van der Waals surface area contributed by atoms with Crippen molar-refractivity contribution in [1.82, 2.24) is 15.3 Å². The monoisotopic (exact) mass is 236 g/mol. The van der Waals surface area contributed by atoms with E-state index in [0.29, 0.717) is 12.4 Å². The summed E-state index contributed by atoms with van der Waals surface area (Å²) < 4.78 is 0. The zero-order chi connectivity index (χ0) is 13.1. The average molecular weight is 236 g/mol. The van der Waals surface area contributed by atoms with Crippen LogP contribution in [0.15, 0.2) is 6.07 Å². The van der Waals surface area contributed by atoms with Gasteiger partial charge in [-0.1, -0.05) is 0 Å². The third-order valence-corrected chi connectivity index (χ3v) is 2.09. The van der Waals surface area contributed by atoms with E-state index in [9.17, 15) is 4.79 Å². The van der Waals surface area contributed by atoms with Gasteiger partial charge < -0.3 is 11.1 Å². The summed E-state index contributed by atoms with van der Waals surface area (Å²) in [6.45, 7) is 8.80. The number of nitrogens with two attached hydrogens (primary N) is 1. The molecule has 0 saturated carbocycles. The quantitative estimate of drug-likeness (QED) is 0.806. The largest absolute Gasteiger partial charge is 0.369 e. The number of carbonyl (C=O) groups is 1. The second-order valence-electron chi connectivity index (χ2n) is 5.16. The topological polar surface area (TPSA) is 80.9 Å². The number of aromatic nitrogens is 2.